The number of carbonyl (C=O) groups is 3. The molecule has 0 spiro atoms. The number of carbonyl (C=O) groups excluding carboxylic acids is 2. The largest absolute Gasteiger partial charge is 0.480 e. The van der Waals surface area contributed by atoms with Crippen molar-refractivity contribution < 1.29 is 23.9 Å². The Kier molecular flexibility index (Phi) is 7.19. The van der Waals surface area contributed by atoms with Gasteiger partial charge in [-0.25, -0.2) is 14.2 Å². The second kappa shape index (κ2) is 8.88. The zero-order chi connectivity index (χ0) is 19.1. The van der Waals surface area contributed by atoms with E-state index < -0.39 is 29.6 Å². The molecule has 0 saturated heterocycles. The van der Waals surface area contributed by atoms with Crippen LogP contribution in [0.4, 0.5) is 4.39 Å². The van der Waals surface area contributed by atoms with Gasteiger partial charge in [-0.15, -0.1) is 0 Å². The topological polar surface area (TPSA) is 134 Å². The monoisotopic (exact) mass is 352 g/mol. The summed E-state index contributed by atoms with van der Waals surface area (Å²) in [5.74, 6) is -3.66. The second-order valence-electron chi connectivity index (χ2n) is 5.52. The molecule has 0 radical (unpaired) electrons. The number of hydrogen-bond donors (Lipinski definition) is 4. The number of aromatic nitrogens is 1. The Hall–Kier alpha value is -2.81. The minimum absolute atomic E-state index is 0.0788. The number of allylic oxidation sites excluding steroid dienone is 1. The fraction of sp³-hybridized carbons (Fsp3) is 0.375. The normalized spacial score (nSPS) is 12.6. The average molecular weight is 352 g/mol. The first-order valence-electron chi connectivity index (χ1n) is 7.58. The number of rotatable bonds is 7. The van der Waals surface area contributed by atoms with E-state index in [1.807, 2.05) is 0 Å². The van der Waals surface area contributed by atoms with Gasteiger partial charge in [-0.05, 0) is 25.0 Å². The number of carboxylic acid groups (broad SMARTS) is 1. The third-order valence-electron chi connectivity index (χ3n) is 3.35. The number of aliphatic carboxylic acids is 1. The minimum atomic E-state index is -1.18. The van der Waals surface area contributed by atoms with Gasteiger partial charge in [0.15, 0.2) is 0 Å². The van der Waals surface area contributed by atoms with Crippen LogP contribution in [-0.4, -0.2) is 33.9 Å². The summed E-state index contributed by atoms with van der Waals surface area (Å²) in [4.78, 5) is 39.3. The van der Waals surface area contributed by atoms with Crippen molar-refractivity contribution in [1.82, 2.24) is 15.6 Å². The Labute approximate surface area is 144 Å². The lowest BCUT2D eigenvalue weighted by Crippen LogP contribution is -2.47. The van der Waals surface area contributed by atoms with Crippen LogP contribution in [0.25, 0.3) is 0 Å². The molecule has 0 aliphatic carbocycles. The Balaban J connectivity index is 2.90. The van der Waals surface area contributed by atoms with E-state index in [0.717, 1.165) is 12.1 Å². The predicted molar refractivity (Wildman–Crippen MR) is 87.7 cm³/mol. The van der Waals surface area contributed by atoms with Gasteiger partial charge < -0.3 is 21.5 Å². The fourth-order valence-corrected chi connectivity index (χ4v) is 1.93. The van der Waals surface area contributed by atoms with Gasteiger partial charge >= 0.3 is 5.97 Å². The molecule has 0 aromatic carbocycles. The molecule has 0 aliphatic heterocycles. The van der Waals surface area contributed by atoms with E-state index in [2.05, 4.69) is 15.6 Å². The zero-order valence-corrected chi connectivity index (χ0v) is 14.2. The van der Waals surface area contributed by atoms with Crippen LogP contribution in [0, 0.1) is 11.7 Å². The molecule has 1 aromatic heterocycles. The summed E-state index contributed by atoms with van der Waals surface area (Å²) in [6, 6.07) is 1.11. The van der Waals surface area contributed by atoms with E-state index in [1.165, 1.54) is 13.0 Å². The van der Waals surface area contributed by atoms with Crippen molar-refractivity contribution in [3.8, 4) is 0 Å². The van der Waals surface area contributed by atoms with Crippen LogP contribution >= 0.6 is 0 Å². The summed E-state index contributed by atoms with van der Waals surface area (Å²) in [5.41, 5.74) is 5.00. The molecule has 0 fully saturated rings. The van der Waals surface area contributed by atoms with Crippen LogP contribution in [0.1, 0.15) is 37.0 Å². The second-order valence-corrected chi connectivity index (χ2v) is 5.52. The summed E-state index contributed by atoms with van der Waals surface area (Å²) < 4.78 is 13.4. The molecule has 5 N–H and O–H groups in total. The first-order chi connectivity index (χ1) is 11.7. The van der Waals surface area contributed by atoms with Crippen LogP contribution in [0.2, 0.25) is 0 Å². The van der Waals surface area contributed by atoms with Crippen LogP contribution in [-0.2, 0) is 16.1 Å². The highest BCUT2D eigenvalue weighted by Crippen LogP contribution is 2.07. The maximum atomic E-state index is 13.4. The number of nitrogens with one attached hydrogen (secondary N) is 2. The molecule has 2 amide bonds. The van der Waals surface area contributed by atoms with Gasteiger partial charge in [-0.3, -0.25) is 9.59 Å². The lowest BCUT2D eigenvalue weighted by molar-refractivity contribution is -0.142. The van der Waals surface area contributed by atoms with E-state index in [4.69, 9.17) is 10.8 Å². The average Bonchev–Trinajstić information content (AvgIpc) is 2.56. The highest BCUT2D eigenvalue weighted by atomic mass is 19.1. The van der Waals surface area contributed by atoms with Crippen molar-refractivity contribution in [2.75, 3.05) is 0 Å². The van der Waals surface area contributed by atoms with Gasteiger partial charge in [-0.2, -0.15) is 0 Å². The summed E-state index contributed by atoms with van der Waals surface area (Å²) in [6.07, 6.45) is 1.32. The Morgan fingerprint density at radius 2 is 2.00 bits per heavy atom. The number of carboxylic acids is 1. The summed E-state index contributed by atoms with van der Waals surface area (Å²) >= 11 is 0. The summed E-state index contributed by atoms with van der Waals surface area (Å²) in [7, 11) is 0. The molecule has 1 heterocycles. The molecule has 25 heavy (non-hydrogen) atoms. The van der Waals surface area contributed by atoms with E-state index in [1.54, 1.807) is 13.8 Å². The van der Waals surface area contributed by atoms with Gasteiger partial charge in [0.05, 0.1) is 5.69 Å². The van der Waals surface area contributed by atoms with Crippen molar-refractivity contribution in [1.29, 1.82) is 0 Å². The molecule has 8 nitrogen and oxygen atoms in total. The molecule has 1 aromatic rings. The van der Waals surface area contributed by atoms with Crippen LogP contribution < -0.4 is 16.4 Å². The number of nitrogens with zero attached hydrogens (tertiary/aromatic N) is 1. The first-order valence-corrected chi connectivity index (χ1v) is 7.58. The molecule has 1 atom stereocenters. The lowest BCUT2D eigenvalue weighted by Gasteiger charge is -2.19. The van der Waals surface area contributed by atoms with E-state index in [-0.39, 0.29) is 29.5 Å². The molecule has 0 saturated carbocycles. The maximum absolute atomic E-state index is 13.4. The third kappa shape index (κ3) is 5.35. The van der Waals surface area contributed by atoms with E-state index in [9.17, 15) is 18.8 Å². The summed E-state index contributed by atoms with van der Waals surface area (Å²) in [5, 5.41) is 13.8. The van der Waals surface area contributed by atoms with E-state index in [0.29, 0.717) is 0 Å². The number of pyridine rings is 1. The standard InChI is InChI=1S/C16H21FN4O4/c1-4-10(14(22)21-13(8(2)3)16(24)25)20-15(23)11-6-5-9(17)12(7-18)19-11/h4-6,8,13H,7,18H2,1-3H3,(H,20,23)(H,21,22)(H,24,25)/b10-4-. The fourth-order valence-electron chi connectivity index (χ4n) is 1.93. The Bertz CT molecular complexity index is 703. The summed E-state index contributed by atoms with van der Waals surface area (Å²) in [6.45, 7) is 4.61. The number of hydrogen-bond acceptors (Lipinski definition) is 5. The van der Waals surface area contributed by atoms with Gasteiger partial charge in [0.25, 0.3) is 11.8 Å². The zero-order valence-electron chi connectivity index (χ0n) is 14.2. The van der Waals surface area contributed by atoms with Gasteiger partial charge in [0.2, 0.25) is 0 Å². The SMILES string of the molecule is C/C=C(\NC(=O)c1ccc(F)c(CN)n1)C(=O)NC(C(=O)O)C(C)C. The Morgan fingerprint density at radius 3 is 2.48 bits per heavy atom. The van der Waals surface area contributed by atoms with Crippen LogP contribution in [0.15, 0.2) is 23.9 Å². The molecular formula is C16H21FN4O4. The molecule has 0 bridgehead atoms. The molecule has 9 heteroatoms. The highest BCUT2D eigenvalue weighted by Gasteiger charge is 2.25. The van der Waals surface area contributed by atoms with Gasteiger partial charge in [0, 0.05) is 6.54 Å². The molecular weight excluding hydrogens is 331 g/mol. The quantitative estimate of drug-likeness (QED) is 0.529. The van der Waals surface area contributed by atoms with Crippen molar-refractivity contribution in [2.24, 2.45) is 11.7 Å². The molecule has 1 rings (SSSR count). The van der Waals surface area contributed by atoms with Crippen molar-refractivity contribution >= 4 is 17.8 Å². The lowest BCUT2D eigenvalue weighted by atomic mass is 10.0. The first kappa shape index (κ1) is 20.2. The highest BCUT2D eigenvalue weighted by molar-refractivity contribution is 6.02. The predicted octanol–water partition coefficient (Wildman–Crippen LogP) is 0.538. The van der Waals surface area contributed by atoms with Crippen LogP contribution in [0.5, 0.6) is 0 Å². The minimum Gasteiger partial charge on any atom is -0.480 e. The Morgan fingerprint density at radius 1 is 1.36 bits per heavy atom. The maximum Gasteiger partial charge on any atom is 0.326 e. The molecule has 136 valence electrons. The number of nitrogens with two attached hydrogens (primary N) is 1. The number of halogens is 1. The van der Waals surface area contributed by atoms with Crippen molar-refractivity contribution in [3.63, 3.8) is 0 Å². The number of amides is 2. The van der Waals surface area contributed by atoms with Crippen molar-refractivity contribution in [2.45, 2.75) is 33.4 Å². The van der Waals surface area contributed by atoms with Crippen molar-refractivity contribution in [3.05, 3.63) is 41.1 Å². The van der Waals surface area contributed by atoms with E-state index >= 15 is 0 Å². The third-order valence-corrected chi connectivity index (χ3v) is 3.35. The van der Waals surface area contributed by atoms with Gasteiger partial charge in [0.1, 0.15) is 23.3 Å². The molecule has 0 aliphatic rings. The molecule has 1 unspecified atom stereocenters. The van der Waals surface area contributed by atoms with Crippen LogP contribution in [0.3, 0.4) is 0 Å². The smallest absolute Gasteiger partial charge is 0.326 e. The van der Waals surface area contributed by atoms with Gasteiger partial charge in [-0.1, -0.05) is 19.9 Å².